The normalized spacial score (nSPS) is 25.0. The molecule has 2 N–H and O–H groups in total. The molecule has 4 saturated heterocycles. The lowest BCUT2D eigenvalue weighted by Gasteiger charge is -2.35. The minimum Gasteiger partial charge on any atom is -0.461 e. The highest BCUT2D eigenvalue weighted by atomic mass is 31.0. The fraction of sp³-hybridized carbons (Fsp3) is 0.512. The molecule has 6 heterocycles. The summed E-state index contributed by atoms with van der Waals surface area (Å²) in [6.07, 6.45) is 14.1. The highest BCUT2D eigenvalue weighted by molar-refractivity contribution is 7.28. The van der Waals surface area contributed by atoms with Crippen molar-refractivity contribution in [3.63, 3.8) is 0 Å². The Balaban J connectivity index is 1.10. The van der Waals surface area contributed by atoms with Crippen LogP contribution in [-0.2, 0) is 4.74 Å². The Labute approximate surface area is 321 Å². The third kappa shape index (κ3) is 7.10. The SMILES string of the molecule is C#Cc1c(F)ccc2cccc(-c3ncc4c(N5CC6CCC(C5)N6)nc(OCC56CCC(COCC(C)CC(C)CNC)N5CC(=C)C6)nc4c3P)c12. The molecule has 7 atom stereocenters. The number of benzene rings is 2. The summed E-state index contributed by atoms with van der Waals surface area (Å²) < 4.78 is 28.1. The maximum atomic E-state index is 15.0. The van der Waals surface area contributed by atoms with Crippen molar-refractivity contribution in [3.8, 4) is 29.6 Å². The van der Waals surface area contributed by atoms with Gasteiger partial charge in [-0.25, -0.2) is 4.39 Å². The van der Waals surface area contributed by atoms with Crippen molar-refractivity contribution < 1.29 is 13.9 Å². The first-order chi connectivity index (χ1) is 26.2. The number of hydrogen-bond donors (Lipinski definition) is 2. The summed E-state index contributed by atoms with van der Waals surface area (Å²) >= 11 is 0. The van der Waals surface area contributed by atoms with Crippen LogP contribution in [0.3, 0.4) is 0 Å². The van der Waals surface area contributed by atoms with Gasteiger partial charge in [-0.05, 0) is 75.4 Å². The molecule has 11 heteroatoms. The summed E-state index contributed by atoms with van der Waals surface area (Å²) in [5.41, 5.74) is 3.47. The summed E-state index contributed by atoms with van der Waals surface area (Å²) in [7, 11) is 4.88. The van der Waals surface area contributed by atoms with Gasteiger partial charge in [0.05, 0.1) is 34.3 Å². The van der Waals surface area contributed by atoms with Crippen LogP contribution in [0.4, 0.5) is 10.2 Å². The second-order valence-electron chi connectivity index (χ2n) is 16.4. The lowest BCUT2D eigenvalue weighted by atomic mass is 9.94. The number of rotatable bonds is 13. The molecule has 2 bridgehead atoms. The predicted molar refractivity (Wildman–Crippen MR) is 219 cm³/mol. The van der Waals surface area contributed by atoms with Crippen LogP contribution in [0, 0.1) is 30.0 Å². The van der Waals surface area contributed by atoms with Crippen molar-refractivity contribution in [2.24, 2.45) is 11.8 Å². The number of hydrogen-bond acceptors (Lipinski definition) is 9. The van der Waals surface area contributed by atoms with Gasteiger partial charge in [0, 0.05) is 66.8 Å². The molecule has 0 spiro atoms. The van der Waals surface area contributed by atoms with Crippen molar-refractivity contribution in [2.75, 3.05) is 57.9 Å². The van der Waals surface area contributed by atoms with E-state index in [1.165, 1.54) is 11.6 Å². The second kappa shape index (κ2) is 15.4. The van der Waals surface area contributed by atoms with Crippen molar-refractivity contribution in [3.05, 3.63) is 60.1 Å². The fourth-order valence-corrected chi connectivity index (χ4v) is 10.2. The third-order valence-corrected chi connectivity index (χ3v) is 12.7. The largest absolute Gasteiger partial charge is 0.461 e. The van der Waals surface area contributed by atoms with Crippen LogP contribution < -0.4 is 25.6 Å². The summed E-state index contributed by atoms with van der Waals surface area (Å²) in [6.45, 7) is 14.6. The van der Waals surface area contributed by atoms with E-state index in [9.17, 15) is 0 Å². The molecule has 7 unspecified atom stereocenters. The molecule has 4 aliphatic rings. The van der Waals surface area contributed by atoms with Crippen LogP contribution >= 0.6 is 9.24 Å². The topological polar surface area (TPSA) is 87.7 Å². The highest BCUT2D eigenvalue weighted by Gasteiger charge is 2.51. The van der Waals surface area contributed by atoms with Crippen LogP contribution in [0.25, 0.3) is 32.9 Å². The molecule has 8 rings (SSSR count). The highest BCUT2D eigenvalue weighted by Crippen LogP contribution is 2.45. The van der Waals surface area contributed by atoms with Crippen LogP contribution in [0.15, 0.2) is 48.7 Å². The van der Waals surface area contributed by atoms with Gasteiger partial charge in [-0.2, -0.15) is 9.97 Å². The minimum atomic E-state index is -0.426. The monoisotopic (exact) mass is 749 g/mol. The summed E-state index contributed by atoms with van der Waals surface area (Å²) in [6, 6.07) is 10.6. The Bertz CT molecular complexity index is 2090. The smallest absolute Gasteiger partial charge is 0.319 e. The van der Waals surface area contributed by atoms with E-state index in [2.05, 4.69) is 56.0 Å². The van der Waals surface area contributed by atoms with E-state index < -0.39 is 5.82 Å². The van der Waals surface area contributed by atoms with E-state index in [4.69, 9.17) is 30.8 Å². The zero-order chi connectivity index (χ0) is 37.6. The number of aromatic nitrogens is 3. The van der Waals surface area contributed by atoms with Gasteiger partial charge < -0.3 is 25.0 Å². The number of fused-ring (bicyclic) bond motifs is 5. The van der Waals surface area contributed by atoms with Gasteiger partial charge in [0.25, 0.3) is 0 Å². The van der Waals surface area contributed by atoms with Gasteiger partial charge in [-0.1, -0.05) is 56.2 Å². The van der Waals surface area contributed by atoms with Gasteiger partial charge in [-0.15, -0.1) is 15.7 Å². The Hall–Kier alpha value is -3.71. The Kier molecular flexibility index (Phi) is 10.6. The number of nitrogens with one attached hydrogen (secondary N) is 2. The van der Waals surface area contributed by atoms with E-state index in [1.54, 1.807) is 6.07 Å². The van der Waals surface area contributed by atoms with Crippen LogP contribution in [-0.4, -0.2) is 96.6 Å². The standard InChI is InChI=1S/C43H53FN7O2P/c1-6-33-36(44)13-10-29-8-7-9-34(37(29)33)38-40(54)39-35(19-46-38)41(50-21-30-11-12-31(22-50)47-30)49-42(48-39)53-25-43-15-14-32(51(43)20-28(4)17-43)24-52-23-27(3)16-26(2)18-45-5/h1,7-10,13,19,26-27,30-32,45,47H,4,11-12,14-18,20-25,54H2,2-3,5H3. The molecule has 4 aliphatic heterocycles. The molecule has 54 heavy (non-hydrogen) atoms. The van der Waals surface area contributed by atoms with Crippen molar-refractivity contribution >= 4 is 42.0 Å². The first-order valence-electron chi connectivity index (χ1n) is 19.6. The molecule has 284 valence electrons. The summed E-state index contributed by atoms with van der Waals surface area (Å²) in [5.74, 6) is 4.14. The number of nitrogens with zero attached hydrogens (tertiary/aromatic N) is 5. The van der Waals surface area contributed by atoms with Gasteiger partial charge in [-0.3, -0.25) is 9.88 Å². The molecular formula is C43H53FN7O2P. The third-order valence-electron chi connectivity index (χ3n) is 12.2. The predicted octanol–water partition coefficient (Wildman–Crippen LogP) is 5.85. The van der Waals surface area contributed by atoms with Gasteiger partial charge in [0.15, 0.2) is 0 Å². The maximum absolute atomic E-state index is 15.0. The van der Waals surface area contributed by atoms with E-state index in [1.807, 2.05) is 31.4 Å². The fourth-order valence-electron chi connectivity index (χ4n) is 9.80. The van der Waals surface area contributed by atoms with Crippen molar-refractivity contribution in [1.82, 2.24) is 30.5 Å². The number of anilines is 1. The first-order valence-corrected chi connectivity index (χ1v) is 20.2. The lowest BCUT2D eigenvalue weighted by Crippen LogP contribution is -2.51. The zero-order valence-corrected chi connectivity index (χ0v) is 33.0. The van der Waals surface area contributed by atoms with E-state index in [0.717, 1.165) is 104 Å². The first kappa shape index (κ1) is 37.2. The Morgan fingerprint density at radius 2 is 1.96 bits per heavy atom. The van der Waals surface area contributed by atoms with E-state index >= 15 is 4.39 Å². The van der Waals surface area contributed by atoms with E-state index in [-0.39, 0.29) is 11.1 Å². The summed E-state index contributed by atoms with van der Waals surface area (Å²) in [5, 5.41) is 10.2. The maximum Gasteiger partial charge on any atom is 0.319 e. The molecule has 4 aromatic rings. The van der Waals surface area contributed by atoms with E-state index in [0.29, 0.717) is 60.3 Å². The lowest BCUT2D eigenvalue weighted by molar-refractivity contribution is 0.0250. The van der Waals surface area contributed by atoms with Crippen LogP contribution in [0.1, 0.15) is 57.9 Å². The molecular weight excluding hydrogens is 696 g/mol. The van der Waals surface area contributed by atoms with Gasteiger partial charge in [0.2, 0.25) is 0 Å². The number of terminal acetylenes is 1. The Morgan fingerprint density at radius 1 is 1.15 bits per heavy atom. The van der Waals surface area contributed by atoms with Crippen molar-refractivity contribution in [1.29, 1.82) is 0 Å². The molecule has 2 aromatic heterocycles. The average Bonchev–Trinajstić information content (AvgIpc) is 3.79. The van der Waals surface area contributed by atoms with Gasteiger partial charge in [0.1, 0.15) is 18.2 Å². The van der Waals surface area contributed by atoms with Crippen molar-refractivity contribution in [2.45, 2.75) is 76.0 Å². The number of ether oxygens (including phenoxy) is 2. The molecule has 0 amide bonds. The minimum absolute atomic E-state index is 0.170. The van der Waals surface area contributed by atoms with Crippen LogP contribution in [0.2, 0.25) is 0 Å². The molecule has 4 fully saturated rings. The van der Waals surface area contributed by atoms with Crippen LogP contribution in [0.5, 0.6) is 6.01 Å². The second-order valence-corrected chi connectivity index (χ2v) is 17.0. The average molecular weight is 750 g/mol. The molecule has 0 saturated carbocycles. The number of pyridine rings is 1. The van der Waals surface area contributed by atoms with Gasteiger partial charge >= 0.3 is 6.01 Å². The summed E-state index contributed by atoms with van der Waals surface area (Å²) in [4.78, 5) is 20.2. The zero-order valence-electron chi connectivity index (χ0n) is 31.8. The molecule has 0 radical (unpaired) electrons. The quantitative estimate of drug-likeness (QED) is 0.0995. The molecule has 9 nitrogen and oxygen atoms in total. The molecule has 2 aromatic carbocycles. The Morgan fingerprint density at radius 3 is 2.74 bits per heavy atom. The number of piperazine rings is 1. The number of halogens is 1. The molecule has 0 aliphatic carbocycles.